The smallest absolute Gasteiger partial charge is 0.251 e. The van der Waals surface area contributed by atoms with Crippen LogP contribution in [-0.4, -0.2) is 33.2 Å². The SMILES string of the molecule is CSc1ccc(C(=O)N[C@H](c2cnn(C)c2)C2CC(O)C2)cc1. The lowest BCUT2D eigenvalue weighted by Crippen LogP contribution is -2.41. The number of amides is 1. The minimum atomic E-state index is -0.253. The standard InChI is InChI=1S/C17H21N3O2S/c1-20-10-13(9-18-20)16(12-7-14(21)8-12)19-17(22)11-3-5-15(23-2)6-4-11/h3-6,9-10,12,14,16,21H,7-8H2,1-2H3,(H,19,22)/t12?,14?,16-/m0/s1. The second-order valence-corrected chi connectivity index (χ2v) is 6.89. The number of thioether (sulfide) groups is 1. The van der Waals surface area contributed by atoms with E-state index < -0.39 is 0 Å². The number of benzene rings is 1. The van der Waals surface area contributed by atoms with Crippen LogP contribution in [0.3, 0.4) is 0 Å². The van der Waals surface area contributed by atoms with Gasteiger partial charge in [-0.1, -0.05) is 0 Å². The topological polar surface area (TPSA) is 67.2 Å². The van der Waals surface area contributed by atoms with Gasteiger partial charge in [0, 0.05) is 29.3 Å². The Bertz CT molecular complexity index is 677. The molecule has 1 amide bonds. The fourth-order valence-electron chi connectivity index (χ4n) is 2.94. The Hall–Kier alpha value is -1.79. The Morgan fingerprint density at radius 3 is 2.61 bits per heavy atom. The molecule has 2 N–H and O–H groups in total. The minimum absolute atomic E-state index is 0.0899. The molecule has 1 aliphatic rings. The van der Waals surface area contributed by atoms with Crippen LogP contribution in [0.5, 0.6) is 0 Å². The van der Waals surface area contributed by atoms with Crippen LogP contribution in [0.1, 0.15) is 34.8 Å². The van der Waals surface area contributed by atoms with Crippen molar-refractivity contribution in [2.45, 2.75) is 29.9 Å². The number of nitrogens with zero attached hydrogens (tertiary/aromatic N) is 2. The van der Waals surface area contributed by atoms with E-state index in [2.05, 4.69) is 10.4 Å². The lowest BCUT2D eigenvalue weighted by Gasteiger charge is -2.37. The first-order chi connectivity index (χ1) is 11.1. The average Bonchev–Trinajstić information content (AvgIpc) is 2.96. The van der Waals surface area contributed by atoms with Gasteiger partial charge in [0.1, 0.15) is 0 Å². The van der Waals surface area contributed by atoms with Crippen molar-refractivity contribution >= 4 is 17.7 Å². The lowest BCUT2D eigenvalue weighted by atomic mass is 9.75. The molecule has 1 aromatic heterocycles. The molecule has 0 spiro atoms. The van der Waals surface area contributed by atoms with E-state index in [1.165, 1.54) is 0 Å². The third-order valence-electron chi connectivity index (χ3n) is 4.34. The van der Waals surface area contributed by atoms with Gasteiger partial charge in [-0.2, -0.15) is 5.10 Å². The van der Waals surface area contributed by atoms with E-state index in [1.54, 1.807) is 22.6 Å². The van der Waals surface area contributed by atoms with Gasteiger partial charge in [-0.15, -0.1) is 11.8 Å². The molecule has 0 unspecified atom stereocenters. The molecule has 1 aromatic carbocycles. The molecule has 6 heteroatoms. The quantitative estimate of drug-likeness (QED) is 0.826. The van der Waals surface area contributed by atoms with E-state index in [0.29, 0.717) is 18.4 Å². The van der Waals surface area contributed by atoms with Gasteiger partial charge in [0.05, 0.1) is 18.3 Å². The monoisotopic (exact) mass is 331 g/mol. The molecule has 0 saturated heterocycles. The van der Waals surface area contributed by atoms with Crippen molar-refractivity contribution < 1.29 is 9.90 Å². The van der Waals surface area contributed by atoms with Crippen molar-refractivity contribution in [1.82, 2.24) is 15.1 Å². The predicted octanol–water partition coefficient (Wildman–Crippen LogP) is 2.38. The molecular weight excluding hydrogens is 310 g/mol. The molecule has 122 valence electrons. The maximum atomic E-state index is 12.6. The first-order valence-corrected chi connectivity index (χ1v) is 8.91. The normalized spacial score (nSPS) is 21.5. The summed E-state index contributed by atoms with van der Waals surface area (Å²) in [5.74, 6) is 0.163. The van der Waals surface area contributed by atoms with Gasteiger partial charge >= 0.3 is 0 Å². The summed E-state index contributed by atoms with van der Waals surface area (Å²) in [6.45, 7) is 0. The highest BCUT2D eigenvalue weighted by Gasteiger charge is 2.36. The van der Waals surface area contributed by atoms with Crippen molar-refractivity contribution in [1.29, 1.82) is 0 Å². The average molecular weight is 331 g/mol. The number of aryl methyl sites for hydroxylation is 1. The molecule has 5 nitrogen and oxygen atoms in total. The second-order valence-electron chi connectivity index (χ2n) is 6.01. The van der Waals surface area contributed by atoms with Gasteiger partial charge in [-0.3, -0.25) is 9.48 Å². The number of carbonyl (C=O) groups excluding carboxylic acids is 1. The Balaban J connectivity index is 1.75. The van der Waals surface area contributed by atoms with Crippen LogP contribution in [0.4, 0.5) is 0 Å². The Kier molecular flexibility index (Phi) is 4.73. The molecule has 1 saturated carbocycles. The fourth-order valence-corrected chi connectivity index (χ4v) is 3.35. The van der Waals surface area contributed by atoms with Gasteiger partial charge in [0.25, 0.3) is 5.91 Å². The predicted molar refractivity (Wildman–Crippen MR) is 90.4 cm³/mol. The first kappa shape index (κ1) is 16.1. The minimum Gasteiger partial charge on any atom is -0.393 e. The van der Waals surface area contributed by atoms with Crippen molar-refractivity contribution in [3.63, 3.8) is 0 Å². The highest BCUT2D eigenvalue weighted by Crippen LogP contribution is 2.38. The highest BCUT2D eigenvalue weighted by molar-refractivity contribution is 7.98. The van der Waals surface area contributed by atoms with Gasteiger partial charge in [-0.05, 0) is 49.3 Å². The maximum Gasteiger partial charge on any atom is 0.251 e. The molecule has 1 aliphatic carbocycles. The first-order valence-electron chi connectivity index (χ1n) is 7.68. The van der Waals surface area contributed by atoms with Crippen LogP contribution in [-0.2, 0) is 7.05 Å². The molecule has 1 fully saturated rings. The Morgan fingerprint density at radius 1 is 1.39 bits per heavy atom. The van der Waals surface area contributed by atoms with E-state index in [4.69, 9.17) is 0 Å². The number of hydrogen-bond acceptors (Lipinski definition) is 4. The number of aliphatic hydroxyl groups is 1. The number of aliphatic hydroxyl groups excluding tert-OH is 1. The van der Waals surface area contributed by atoms with E-state index in [1.807, 2.05) is 43.8 Å². The van der Waals surface area contributed by atoms with Gasteiger partial charge in [-0.25, -0.2) is 0 Å². The molecule has 23 heavy (non-hydrogen) atoms. The molecule has 1 heterocycles. The second kappa shape index (κ2) is 6.76. The summed E-state index contributed by atoms with van der Waals surface area (Å²) in [5.41, 5.74) is 1.63. The number of nitrogens with one attached hydrogen (secondary N) is 1. The molecular formula is C17H21N3O2S. The van der Waals surface area contributed by atoms with Crippen LogP contribution < -0.4 is 5.32 Å². The van der Waals surface area contributed by atoms with Crippen molar-refractivity contribution in [3.05, 3.63) is 47.8 Å². The van der Waals surface area contributed by atoms with Crippen LogP contribution in [0.15, 0.2) is 41.6 Å². The van der Waals surface area contributed by atoms with E-state index in [9.17, 15) is 9.90 Å². The molecule has 0 bridgehead atoms. The largest absolute Gasteiger partial charge is 0.393 e. The number of aromatic nitrogens is 2. The summed E-state index contributed by atoms with van der Waals surface area (Å²) >= 11 is 1.65. The number of rotatable bonds is 5. The van der Waals surface area contributed by atoms with Crippen LogP contribution in [0.2, 0.25) is 0 Å². The van der Waals surface area contributed by atoms with Gasteiger partial charge in [0.2, 0.25) is 0 Å². The molecule has 3 rings (SSSR count). The van der Waals surface area contributed by atoms with Gasteiger partial charge < -0.3 is 10.4 Å². The van der Waals surface area contributed by atoms with Crippen molar-refractivity contribution in [2.75, 3.05) is 6.26 Å². The molecule has 2 aromatic rings. The fraction of sp³-hybridized carbons (Fsp3) is 0.412. The van der Waals surface area contributed by atoms with Crippen molar-refractivity contribution in [3.8, 4) is 0 Å². The number of hydrogen-bond donors (Lipinski definition) is 2. The zero-order chi connectivity index (χ0) is 16.4. The zero-order valence-corrected chi connectivity index (χ0v) is 14.1. The summed E-state index contributed by atoms with van der Waals surface area (Å²) in [6, 6.07) is 7.48. The summed E-state index contributed by atoms with van der Waals surface area (Å²) < 4.78 is 1.73. The van der Waals surface area contributed by atoms with Gasteiger partial charge in [0.15, 0.2) is 0 Å². The summed E-state index contributed by atoms with van der Waals surface area (Å²) in [7, 11) is 1.86. The van der Waals surface area contributed by atoms with Crippen LogP contribution in [0, 0.1) is 5.92 Å². The van der Waals surface area contributed by atoms with Crippen LogP contribution >= 0.6 is 11.8 Å². The van der Waals surface area contributed by atoms with Crippen molar-refractivity contribution in [2.24, 2.45) is 13.0 Å². The number of carbonyl (C=O) groups is 1. The summed E-state index contributed by atoms with van der Waals surface area (Å²) in [4.78, 5) is 13.7. The zero-order valence-electron chi connectivity index (χ0n) is 13.3. The van der Waals surface area contributed by atoms with E-state index >= 15 is 0 Å². The lowest BCUT2D eigenvalue weighted by molar-refractivity contribution is 0.0235. The van der Waals surface area contributed by atoms with E-state index in [0.717, 1.165) is 10.5 Å². The third-order valence-corrected chi connectivity index (χ3v) is 5.09. The summed E-state index contributed by atoms with van der Waals surface area (Å²) in [5, 5.41) is 16.9. The summed E-state index contributed by atoms with van der Waals surface area (Å²) in [6.07, 6.45) is 6.89. The molecule has 0 aliphatic heterocycles. The maximum absolute atomic E-state index is 12.6. The highest BCUT2D eigenvalue weighted by atomic mass is 32.2. The molecule has 0 radical (unpaired) electrons. The Morgan fingerprint density at radius 2 is 2.09 bits per heavy atom. The molecule has 1 atom stereocenters. The van der Waals surface area contributed by atoms with E-state index in [-0.39, 0.29) is 24.0 Å². The Labute approximate surface area is 140 Å². The van der Waals surface area contributed by atoms with Crippen LogP contribution in [0.25, 0.3) is 0 Å². The third kappa shape index (κ3) is 3.59.